The van der Waals surface area contributed by atoms with Crippen molar-refractivity contribution in [2.75, 3.05) is 18.0 Å². The van der Waals surface area contributed by atoms with E-state index in [1.165, 1.54) is 0 Å². The number of hydrogen-bond donors (Lipinski definition) is 0. The van der Waals surface area contributed by atoms with Crippen LogP contribution in [0.25, 0.3) is 11.5 Å². The lowest BCUT2D eigenvalue weighted by Crippen LogP contribution is -2.25. The van der Waals surface area contributed by atoms with Crippen molar-refractivity contribution in [2.45, 2.75) is 42.5 Å². The fraction of sp³-hybridized carbons (Fsp3) is 0.318. The van der Waals surface area contributed by atoms with Gasteiger partial charge in [-0.25, -0.2) is 8.42 Å². The van der Waals surface area contributed by atoms with Crippen molar-refractivity contribution in [3.63, 3.8) is 0 Å². The topological polar surface area (TPSA) is 63.4 Å². The lowest BCUT2D eigenvalue weighted by atomic mass is 10.1. The Kier molecular flexibility index (Phi) is 5.22. The van der Waals surface area contributed by atoms with Gasteiger partial charge in [0.2, 0.25) is 26.6 Å². The number of sulfone groups is 1. The van der Waals surface area contributed by atoms with Crippen LogP contribution in [0.4, 0.5) is 5.88 Å². The molecule has 0 spiro atoms. The summed E-state index contributed by atoms with van der Waals surface area (Å²) in [5.41, 5.74) is 1.81. The fourth-order valence-electron chi connectivity index (χ4n) is 3.59. The van der Waals surface area contributed by atoms with Crippen LogP contribution in [0.5, 0.6) is 0 Å². The van der Waals surface area contributed by atoms with E-state index in [1.54, 1.807) is 30.3 Å². The minimum atomic E-state index is -3.78. The van der Waals surface area contributed by atoms with E-state index in [1.807, 2.05) is 36.1 Å². The highest BCUT2D eigenvalue weighted by molar-refractivity contribution is 7.91. The summed E-state index contributed by atoms with van der Waals surface area (Å²) in [4.78, 5) is 6.77. The lowest BCUT2D eigenvalue weighted by molar-refractivity contribution is 0.543. The van der Waals surface area contributed by atoms with Gasteiger partial charge in [-0.15, -0.1) is 0 Å². The third-order valence-corrected chi connectivity index (χ3v) is 6.82. The summed E-state index contributed by atoms with van der Waals surface area (Å²) < 4.78 is 32.8. The highest BCUT2D eigenvalue weighted by atomic mass is 32.2. The molecule has 2 aromatic carbocycles. The molecule has 0 unspecified atom stereocenters. The first kappa shape index (κ1) is 18.7. The van der Waals surface area contributed by atoms with E-state index in [0.29, 0.717) is 11.8 Å². The summed E-state index contributed by atoms with van der Waals surface area (Å²) in [5, 5.41) is 0.0128. The number of benzene rings is 2. The number of anilines is 1. The van der Waals surface area contributed by atoms with Crippen LogP contribution in [-0.4, -0.2) is 26.5 Å². The predicted octanol–water partition coefficient (Wildman–Crippen LogP) is 4.86. The summed E-state index contributed by atoms with van der Waals surface area (Å²) in [6, 6.07) is 16.2. The Labute approximate surface area is 165 Å². The van der Waals surface area contributed by atoms with E-state index in [0.717, 1.165) is 49.9 Å². The summed E-state index contributed by atoms with van der Waals surface area (Å²) in [6.07, 6.45) is 4.34. The Bertz CT molecular complexity index is 1050. The number of nitrogens with zero attached hydrogens (tertiary/aromatic N) is 2. The van der Waals surface area contributed by atoms with E-state index in [-0.39, 0.29) is 9.92 Å². The molecule has 0 saturated carbocycles. The second-order valence-corrected chi connectivity index (χ2v) is 9.03. The average molecular weight is 397 g/mol. The average Bonchev–Trinajstić information content (AvgIpc) is 2.98. The standard InChI is InChI=1S/C22H24N2O3S/c1-17-11-7-8-14-19(17)20-23-21(28(25,26)18-12-5-4-6-13-18)22(27-20)24-15-9-2-3-10-16-24/h4-8,11-14H,2-3,9-10,15-16H2,1H3. The maximum Gasteiger partial charge on any atom is 0.236 e. The van der Waals surface area contributed by atoms with E-state index >= 15 is 0 Å². The highest BCUT2D eigenvalue weighted by Crippen LogP contribution is 2.36. The zero-order valence-corrected chi connectivity index (χ0v) is 16.8. The van der Waals surface area contributed by atoms with Crippen molar-refractivity contribution in [3.05, 3.63) is 60.2 Å². The second-order valence-electron chi connectivity index (χ2n) is 7.16. The van der Waals surface area contributed by atoms with Gasteiger partial charge in [-0.1, -0.05) is 49.2 Å². The Balaban J connectivity index is 1.87. The molecule has 1 aromatic heterocycles. The number of hydrogen-bond acceptors (Lipinski definition) is 5. The van der Waals surface area contributed by atoms with Gasteiger partial charge in [-0.2, -0.15) is 4.98 Å². The summed E-state index contributed by atoms with van der Waals surface area (Å²) in [5.74, 6) is 0.718. The SMILES string of the molecule is Cc1ccccc1-c1nc(S(=O)(=O)c2ccccc2)c(N2CCCCCC2)o1. The monoisotopic (exact) mass is 396 g/mol. The van der Waals surface area contributed by atoms with E-state index in [2.05, 4.69) is 4.98 Å². The summed E-state index contributed by atoms with van der Waals surface area (Å²) in [7, 11) is -3.78. The van der Waals surface area contributed by atoms with Crippen LogP contribution >= 0.6 is 0 Å². The van der Waals surface area contributed by atoms with Crippen LogP contribution < -0.4 is 4.90 Å². The molecular formula is C22H24N2O3S. The van der Waals surface area contributed by atoms with Crippen LogP contribution in [-0.2, 0) is 9.84 Å². The smallest absolute Gasteiger partial charge is 0.236 e. The van der Waals surface area contributed by atoms with Crippen LogP contribution in [0, 0.1) is 6.92 Å². The minimum absolute atomic E-state index is 0.0128. The van der Waals surface area contributed by atoms with E-state index < -0.39 is 9.84 Å². The number of aryl methyl sites for hydroxylation is 1. The van der Waals surface area contributed by atoms with Gasteiger partial charge in [-0.05, 0) is 43.5 Å². The molecule has 4 rings (SSSR count). The molecular weight excluding hydrogens is 372 g/mol. The molecule has 0 N–H and O–H groups in total. The molecule has 1 fully saturated rings. The quantitative estimate of drug-likeness (QED) is 0.630. The molecule has 5 nitrogen and oxygen atoms in total. The number of rotatable bonds is 4. The maximum atomic E-state index is 13.4. The molecule has 0 radical (unpaired) electrons. The van der Waals surface area contributed by atoms with Crippen LogP contribution in [0.2, 0.25) is 0 Å². The molecule has 1 aliphatic heterocycles. The minimum Gasteiger partial charge on any atom is -0.419 e. The van der Waals surface area contributed by atoms with Crippen molar-refractivity contribution in [1.29, 1.82) is 0 Å². The van der Waals surface area contributed by atoms with Crippen molar-refractivity contribution >= 4 is 15.7 Å². The van der Waals surface area contributed by atoms with Gasteiger partial charge < -0.3 is 9.32 Å². The van der Waals surface area contributed by atoms with Crippen LogP contribution in [0.15, 0.2) is 68.9 Å². The maximum absolute atomic E-state index is 13.4. The van der Waals surface area contributed by atoms with Crippen LogP contribution in [0.3, 0.4) is 0 Å². The van der Waals surface area contributed by atoms with Gasteiger partial charge in [0, 0.05) is 18.7 Å². The third-order valence-electron chi connectivity index (χ3n) is 5.16. The fourth-order valence-corrected chi connectivity index (χ4v) is 4.93. The molecule has 1 aliphatic rings. The molecule has 146 valence electrons. The molecule has 2 heterocycles. The molecule has 0 amide bonds. The van der Waals surface area contributed by atoms with Crippen molar-refractivity contribution in [2.24, 2.45) is 0 Å². The van der Waals surface area contributed by atoms with Gasteiger partial charge in [0.25, 0.3) is 0 Å². The van der Waals surface area contributed by atoms with Gasteiger partial charge in [0.05, 0.1) is 4.90 Å². The molecule has 0 aliphatic carbocycles. The van der Waals surface area contributed by atoms with Gasteiger partial charge in [0.15, 0.2) is 0 Å². The second kappa shape index (κ2) is 7.80. The predicted molar refractivity (Wildman–Crippen MR) is 109 cm³/mol. The van der Waals surface area contributed by atoms with Gasteiger partial charge in [-0.3, -0.25) is 0 Å². The lowest BCUT2D eigenvalue weighted by Gasteiger charge is -2.20. The zero-order valence-electron chi connectivity index (χ0n) is 16.0. The van der Waals surface area contributed by atoms with Crippen molar-refractivity contribution < 1.29 is 12.8 Å². The van der Waals surface area contributed by atoms with E-state index in [4.69, 9.17) is 4.42 Å². The molecule has 0 atom stereocenters. The normalized spacial score (nSPS) is 15.4. The largest absolute Gasteiger partial charge is 0.419 e. The number of oxazole rings is 1. The Morgan fingerprint density at radius 3 is 2.21 bits per heavy atom. The molecule has 3 aromatic rings. The summed E-state index contributed by atoms with van der Waals surface area (Å²) >= 11 is 0. The Morgan fingerprint density at radius 2 is 1.54 bits per heavy atom. The molecule has 6 heteroatoms. The van der Waals surface area contributed by atoms with Gasteiger partial charge in [0.1, 0.15) is 0 Å². The van der Waals surface area contributed by atoms with Crippen molar-refractivity contribution in [1.82, 2.24) is 4.98 Å². The van der Waals surface area contributed by atoms with Crippen LogP contribution in [0.1, 0.15) is 31.2 Å². The van der Waals surface area contributed by atoms with E-state index in [9.17, 15) is 8.42 Å². The molecule has 0 bridgehead atoms. The highest BCUT2D eigenvalue weighted by Gasteiger charge is 2.31. The Hall–Kier alpha value is -2.60. The number of aromatic nitrogens is 1. The summed E-state index contributed by atoms with van der Waals surface area (Å²) in [6.45, 7) is 3.52. The Morgan fingerprint density at radius 1 is 0.893 bits per heavy atom. The van der Waals surface area contributed by atoms with Gasteiger partial charge >= 0.3 is 0 Å². The first-order chi connectivity index (χ1) is 13.6. The van der Waals surface area contributed by atoms with Crippen molar-refractivity contribution in [3.8, 4) is 11.5 Å². The molecule has 28 heavy (non-hydrogen) atoms. The first-order valence-corrected chi connectivity index (χ1v) is 11.2. The zero-order chi connectivity index (χ0) is 19.6. The third kappa shape index (κ3) is 3.56. The molecule has 1 saturated heterocycles. The first-order valence-electron chi connectivity index (χ1n) is 9.69.